The smallest absolute Gasteiger partial charge is 0.162 e. The van der Waals surface area contributed by atoms with Crippen LogP contribution in [0.4, 0.5) is 0 Å². The largest absolute Gasteiger partial charge is 0.294 e. The van der Waals surface area contributed by atoms with Crippen LogP contribution in [0.25, 0.3) is 0 Å². The average molecular weight is 190 g/mol. The Balaban J connectivity index is 2.07. The highest BCUT2D eigenvalue weighted by Gasteiger charge is 2.59. The molecule has 0 amide bonds. The highest BCUT2D eigenvalue weighted by molar-refractivity contribution is 6.00. The summed E-state index contributed by atoms with van der Waals surface area (Å²) in [5, 5.41) is 0. The van der Waals surface area contributed by atoms with Gasteiger partial charge in [-0.1, -0.05) is 13.0 Å². The highest BCUT2D eigenvalue weighted by atomic mass is 16.1. The summed E-state index contributed by atoms with van der Waals surface area (Å²) >= 11 is 0. The number of ketones is 1. The molecule has 2 saturated carbocycles. The van der Waals surface area contributed by atoms with Crippen LogP contribution >= 0.6 is 0 Å². The van der Waals surface area contributed by atoms with Gasteiger partial charge in [0.2, 0.25) is 0 Å². The van der Waals surface area contributed by atoms with Crippen molar-refractivity contribution in [3.63, 3.8) is 0 Å². The normalized spacial score (nSPS) is 50.6. The van der Waals surface area contributed by atoms with Crippen molar-refractivity contribution in [2.24, 2.45) is 23.2 Å². The third kappa shape index (κ3) is 0.796. The molecule has 1 heteroatoms. The van der Waals surface area contributed by atoms with E-state index in [9.17, 15) is 4.79 Å². The molecule has 0 bridgehead atoms. The van der Waals surface area contributed by atoms with Crippen molar-refractivity contribution in [1.29, 1.82) is 0 Å². The molecule has 1 spiro atoms. The fourth-order valence-electron chi connectivity index (χ4n) is 4.40. The molecule has 0 radical (unpaired) electrons. The molecule has 3 aliphatic carbocycles. The van der Waals surface area contributed by atoms with Crippen molar-refractivity contribution in [2.75, 3.05) is 0 Å². The van der Waals surface area contributed by atoms with E-state index in [1.165, 1.54) is 19.3 Å². The molecule has 0 N–H and O–H groups in total. The van der Waals surface area contributed by atoms with Crippen LogP contribution in [-0.2, 0) is 4.79 Å². The number of carbonyl (C=O) groups is 1. The molecule has 0 saturated heterocycles. The maximum absolute atomic E-state index is 12.0. The molecular weight excluding hydrogens is 172 g/mol. The highest BCUT2D eigenvalue weighted by Crippen LogP contribution is 2.63. The third-order valence-corrected chi connectivity index (χ3v) is 5.02. The molecule has 0 aromatic rings. The lowest BCUT2D eigenvalue weighted by atomic mass is 9.75. The van der Waals surface area contributed by atoms with E-state index in [0.717, 1.165) is 23.8 Å². The lowest BCUT2D eigenvalue weighted by Gasteiger charge is -2.28. The molecule has 76 valence electrons. The van der Waals surface area contributed by atoms with Gasteiger partial charge in [0.25, 0.3) is 0 Å². The monoisotopic (exact) mass is 190 g/mol. The van der Waals surface area contributed by atoms with Gasteiger partial charge in [0.05, 0.1) is 0 Å². The number of hydrogen-bond donors (Lipinski definition) is 0. The van der Waals surface area contributed by atoms with Gasteiger partial charge in [-0.05, 0) is 50.0 Å². The molecule has 3 aliphatic rings. The molecule has 0 aromatic heterocycles. The Hall–Kier alpha value is -0.590. The van der Waals surface area contributed by atoms with Gasteiger partial charge in [0, 0.05) is 11.3 Å². The van der Waals surface area contributed by atoms with Crippen LogP contribution in [0.2, 0.25) is 0 Å². The number of allylic oxidation sites excluding steroid dienone is 2. The third-order valence-electron chi connectivity index (χ3n) is 5.02. The van der Waals surface area contributed by atoms with Crippen LogP contribution in [0.5, 0.6) is 0 Å². The molecule has 0 unspecified atom stereocenters. The molecular formula is C13H18O. The predicted octanol–water partition coefficient (Wildman–Crippen LogP) is 2.96. The van der Waals surface area contributed by atoms with Gasteiger partial charge in [-0.3, -0.25) is 4.79 Å². The van der Waals surface area contributed by atoms with Gasteiger partial charge in [0.1, 0.15) is 0 Å². The zero-order chi connectivity index (χ0) is 9.92. The topological polar surface area (TPSA) is 17.1 Å². The quantitative estimate of drug-likeness (QED) is 0.574. The fourth-order valence-corrected chi connectivity index (χ4v) is 4.40. The SMILES string of the molecule is CC1=C[C@@]23CC[C@@H](C)[C@@H]2CC[C@H]3C1=O. The second kappa shape index (κ2) is 2.50. The first kappa shape index (κ1) is 8.70. The maximum Gasteiger partial charge on any atom is 0.162 e. The van der Waals surface area contributed by atoms with Crippen LogP contribution in [-0.4, -0.2) is 5.78 Å². The van der Waals surface area contributed by atoms with E-state index in [0.29, 0.717) is 17.1 Å². The summed E-state index contributed by atoms with van der Waals surface area (Å²) in [7, 11) is 0. The first-order chi connectivity index (χ1) is 6.65. The molecule has 0 aromatic carbocycles. The summed E-state index contributed by atoms with van der Waals surface area (Å²) in [4.78, 5) is 12.0. The van der Waals surface area contributed by atoms with Crippen molar-refractivity contribution in [3.05, 3.63) is 11.6 Å². The van der Waals surface area contributed by atoms with Gasteiger partial charge >= 0.3 is 0 Å². The molecule has 0 aliphatic heterocycles. The van der Waals surface area contributed by atoms with E-state index in [2.05, 4.69) is 13.0 Å². The molecule has 2 fully saturated rings. The van der Waals surface area contributed by atoms with E-state index in [1.807, 2.05) is 6.92 Å². The lowest BCUT2D eigenvalue weighted by Crippen LogP contribution is -2.26. The maximum atomic E-state index is 12.0. The van der Waals surface area contributed by atoms with Crippen LogP contribution < -0.4 is 0 Å². The first-order valence-electron chi connectivity index (χ1n) is 5.89. The van der Waals surface area contributed by atoms with Crippen LogP contribution in [0, 0.1) is 23.2 Å². The number of rotatable bonds is 0. The Morgan fingerprint density at radius 3 is 2.93 bits per heavy atom. The van der Waals surface area contributed by atoms with E-state index >= 15 is 0 Å². The first-order valence-corrected chi connectivity index (χ1v) is 5.89. The summed E-state index contributed by atoms with van der Waals surface area (Å²) in [6.45, 7) is 4.38. The average Bonchev–Trinajstić information content (AvgIpc) is 2.70. The Labute approximate surface area is 85.6 Å². The van der Waals surface area contributed by atoms with Gasteiger partial charge in [0.15, 0.2) is 5.78 Å². The minimum Gasteiger partial charge on any atom is -0.294 e. The van der Waals surface area contributed by atoms with Crippen LogP contribution in [0.1, 0.15) is 39.5 Å². The fraction of sp³-hybridized carbons (Fsp3) is 0.769. The summed E-state index contributed by atoms with van der Waals surface area (Å²) in [5.41, 5.74) is 1.37. The second-order valence-corrected chi connectivity index (χ2v) is 5.56. The van der Waals surface area contributed by atoms with E-state index in [1.54, 1.807) is 0 Å². The van der Waals surface area contributed by atoms with Crippen molar-refractivity contribution in [3.8, 4) is 0 Å². The summed E-state index contributed by atoms with van der Waals surface area (Å²) in [6, 6.07) is 0. The standard InChI is InChI=1S/C13H18O/c1-8-5-6-13-7-9(2)12(14)11(13)4-3-10(8)13/h7-8,10-11H,3-6H2,1-2H3/t8-,10+,11+,13+/m1/s1. The van der Waals surface area contributed by atoms with Crippen molar-refractivity contribution < 1.29 is 4.79 Å². The second-order valence-electron chi connectivity index (χ2n) is 5.56. The number of carbonyl (C=O) groups excluding carboxylic acids is 1. The number of Topliss-reactive ketones (excluding diaryl/α,β-unsaturated/α-hetero) is 1. The zero-order valence-corrected chi connectivity index (χ0v) is 9.05. The summed E-state index contributed by atoms with van der Waals surface area (Å²) in [5.74, 6) is 2.49. The van der Waals surface area contributed by atoms with Gasteiger partial charge < -0.3 is 0 Å². The van der Waals surface area contributed by atoms with Crippen LogP contribution in [0.15, 0.2) is 11.6 Å². The molecule has 14 heavy (non-hydrogen) atoms. The van der Waals surface area contributed by atoms with Gasteiger partial charge in [-0.2, -0.15) is 0 Å². The predicted molar refractivity (Wildman–Crippen MR) is 55.8 cm³/mol. The lowest BCUT2D eigenvalue weighted by molar-refractivity contribution is -0.120. The Morgan fingerprint density at radius 1 is 1.36 bits per heavy atom. The number of hydrogen-bond acceptors (Lipinski definition) is 1. The molecule has 3 rings (SSSR count). The minimum absolute atomic E-state index is 0.320. The molecule has 4 atom stereocenters. The van der Waals surface area contributed by atoms with E-state index in [-0.39, 0.29) is 0 Å². The van der Waals surface area contributed by atoms with Crippen molar-refractivity contribution >= 4 is 5.78 Å². The van der Waals surface area contributed by atoms with E-state index < -0.39 is 0 Å². The summed E-state index contributed by atoms with van der Waals surface area (Å²) < 4.78 is 0. The Kier molecular flexibility index (Phi) is 1.55. The summed E-state index contributed by atoms with van der Waals surface area (Å²) in [6.07, 6.45) is 7.38. The van der Waals surface area contributed by atoms with Gasteiger partial charge in [-0.15, -0.1) is 0 Å². The van der Waals surface area contributed by atoms with Crippen molar-refractivity contribution in [1.82, 2.24) is 0 Å². The minimum atomic E-state index is 0.320. The van der Waals surface area contributed by atoms with E-state index in [4.69, 9.17) is 0 Å². The Morgan fingerprint density at radius 2 is 2.14 bits per heavy atom. The molecule has 1 nitrogen and oxygen atoms in total. The van der Waals surface area contributed by atoms with Gasteiger partial charge in [-0.25, -0.2) is 0 Å². The molecule has 0 heterocycles. The zero-order valence-electron chi connectivity index (χ0n) is 9.05. The Bertz CT molecular complexity index is 328. The van der Waals surface area contributed by atoms with Crippen LogP contribution in [0.3, 0.4) is 0 Å². The van der Waals surface area contributed by atoms with Crippen molar-refractivity contribution in [2.45, 2.75) is 39.5 Å².